The van der Waals surface area contributed by atoms with Gasteiger partial charge in [-0.15, -0.1) is 0 Å². The van der Waals surface area contributed by atoms with E-state index in [0.29, 0.717) is 5.69 Å². The van der Waals surface area contributed by atoms with E-state index in [0.717, 1.165) is 49.4 Å². The standard InChI is InChI=1S/C23H26F2N6O3S/c1-23(2,3)34-22(33)30-21-18(29-20(35-21)17-15(24)7-4-8-16(17)25)19(32)28-13-10-27-31(12-13)14-6-5-9-26-11-14/h4,7-8,10,12,14,26H,5-6,9,11H2,1-3H3,(H,28,32)(H,30,33)/t14-/m1/s1. The topological polar surface area (TPSA) is 110 Å². The van der Waals surface area contributed by atoms with Gasteiger partial charge in [0.15, 0.2) is 5.69 Å². The first kappa shape index (κ1) is 24.7. The van der Waals surface area contributed by atoms with Gasteiger partial charge in [-0.3, -0.25) is 14.8 Å². The molecule has 1 saturated heterocycles. The van der Waals surface area contributed by atoms with Crippen LogP contribution in [0.4, 0.5) is 24.3 Å². The van der Waals surface area contributed by atoms with Gasteiger partial charge in [0.2, 0.25) is 0 Å². The second-order valence-electron chi connectivity index (χ2n) is 9.08. The van der Waals surface area contributed by atoms with Crippen LogP contribution in [0.2, 0.25) is 0 Å². The maximum atomic E-state index is 14.4. The average molecular weight is 505 g/mol. The van der Waals surface area contributed by atoms with Gasteiger partial charge >= 0.3 is 6.09 Å². The monoisotopic (exact) mass is 504 g/mol. The normalized spacial score (nSPS) is 16.1. The van der Waals surface area contributed by atoms with Crippen LogP contribution in [0, 0.1) is 11.6 Å². The molecule has 2 amide bonds. The molecule has 0 spiro atoms. The Morgan fingerprint density at radius 3 is 2.63 bits per heavy atom. The van der Waals surface area contributed by atoms with Gasteiger partial charge in [0.25, 0.3) is 5.91 Å². The number of aromatic nitrogens is 3. The summed E-state index contributed by atoms with van der Waals surface area (Å²) in [5.41, 5.74) is -0.956. The summed E-state index contributed by atoms with van der Waals surface area (Å²) in [6, 6.07) is 3.59. The van der Waals surface area contributed by atoms with E-state index in [1.54, 1.807) is 31.6 Å². The number of hydrogen-bond donors (Lipinski definition) is 3. The third kappa shape index (κ3) is 6.01. The lowest BCUT2D eigenvalue weighted by molar-refractivity contribution is 0.0636. The van der Waals surface area contributed by atoms with Crippen molar-refractivity contribution < 1.29 is 23.1 Å². The summed E-state index contributed by atoms with van der Waals surface area (Å²) in [4.78, 5) is 29.6. The third-order valence-corrected chi connectivity index (χ3v) is 6.13. The Morgan fingerprint density at radius 1 is 1.23 bits per heavy atom. The highest BCUT2D eigenvalue weighted by Crippen LogP contribution is 2.35. The highest BCUT2D eigenvalue weighted by molar-refractivity contribution is 7.19. The van der Waals surface area contributed by atoms with Crippen LogP contribution in [0.3, 0.4) is 0 Å². The number of carbonyl (C=O) groups is 2. The first-order chi connectivity index (χ1) is 16.6. The Bertz CT molecular complexity index is 1210. The van der Waals surface area contributed by atoms with Gasteiger partial charge in [-0.1, -0.05) is 17.4 Å². The summed E-state index contributed by atoms with van der Waals surface area (Å²) in [6.45, 7) is 6.80. The van der Waals surface area contributed by atoms with Crippen molar-refractivity contribution in [3.8, 4) is 10.6 Å². The molecule has 0 bridgehead atoms. The van der Waals surface area contributed by atoms with E-state index < -0.39 is 29.2 Å². The first-order valence-corrected chi connectivity index (χ1v) is 11.9. The van der Waals surface area contributed by atoms with Crippen molar-refractivity contribution in [3.63, 3.8) is 0 Å². The number of thiazole rings is 1. The van der Waals surface area contributed by atoms with Gasteiger partial charge in [0.1, 0.15) is 27.2 Å². The second-order valence-corrected chi connectivity index (χ2v) is 10.1. The van der Waals surface area contributed by atoms with E-state index in [2.05, 4.69) is 26.0 Å². The molecule has 9 nitrogen and oxygen atoms in total. The number of halogens is 2. The molecule has 186 valence electrons. The molecule has 3 N–H and O–H groups in total. The molecular weight excluding hydrogens is 478 g/mol. The number of hydrogen-bond acceptors (Lipinski definition) is 7. The van der Waals surface area contributed by atoms with Gasteiger partial charge in [-0.2, -0.15) is 5.10 Å². The van der Waals surface area contributed by atoms with Crippen molar-refractivity contribution >= 4 is 34.0 Å². The fraction of sp³-hybridized carbons (Fsp3) is 0.391. The molecule has 1 atom stereocenters. The highest BCUT2D eigenvalue weighted by Gasteiger charge is 2.26. The van der Waals surface area contributed by atoms with Crippen LogP contribution in [0.1, 0.15) is 50.1 Å². The summed E-state index contributed by atoms with van der Waals surface area (Å²) in [5, 5.41) is 12.7. The van der Waals surface area contributed by atoms with E-state index in [-0.39, 0.29) is 27.3 Å². The molecule has 1 aliphatic rings. The van der Waals surface area contributed by atoms with Crippen LogP contribution in [0.5, 0.6) is 0 Å². The number of benzene rings is 1. The molecule has 2 aromatic heterocycles. The predicted molar refractivity (Wildman–Crippen MR) is 129 cm³/mol. The lowest BCUT2D eigenvalue weighted by Gasteiger charge is -2.22. The molecule has 1 aliphatic heterocycles. The summed E-state index contributed by atoms with van der Waals surface area (Å²) in [7, 11) is 0. The van der Waals surface area contributed by atoms with Crippen LogP contribution in [0.25, 0.3) is 10.6 Å². The quantitative estimate of drug-likeness (QED) is 0.460. The van der Waals surface area contributed by atoms with Crippen LogP contribution in [0.15, 0.2) is 30.6 Å². The van der Waals surface area contributed by atoms with Crippen molar-refractivity contribution in [3.05, 3.63) is 47.9 Å². The smallest absolute Gasteiger partial charge is 0.412 e. The van der Waals surface area contributed by atoms with E-state index in [4.69, 9.17) is 4.74 Å². The van der Waals surface area contributed by atoms with Gasteiger partial charge in [-0.05, 0) is 52.3 Å². The molecule has 1 aromatic carbocycles. The summed E-state index contributed by atoms with van der Waals surface area (Å²) < 4.78 is 35.8. The molecule has 3 aromatic rings. The van der Waals surface area contributed by atoms with E-state index in [1.165, 1.54) is 12.3 Å². The van der Waals surface area contributed by atoms with Crippen molar-refractivity contribution in [2.75, 3.05) is 23.7 Å². The van der Waals surface area contributed by atoms with Crippen LogP contribution >= 0.6 is 11.3 Å². The number of amides is 2. The van der Waals surface area contributed by atoms with Gasteiger partial charge in [0, 0.05) is 12.7 Å². The lowest BCUT2D eigenvalue weighted by atomic mass is 10.1. The van der Waals surface area contributed by atoms with Crippen molar-refractivity contribution in [2.24, 2.45) is 0 Å². The number of piperidine rings is 1. The molecule has 3 heterocycles. The molecular formula is C23H26F2N6O3S. The van der Waals surface area contributed by atoms with Crippen molar-refractivity contribution in [1.82, 2.24) is 20.1 Å². The van der Waals surface area contributed by atoms with Crippen molar-refractivity contribution in [1.29, 1.82) is 0 Å². The van der Waals surface area contributed by atoms with E-state index >= 15 is 0 Å². The second kappa shape index (κ2) is 10.1. The summed E-state index contributed by atoms with van der Waals surface area (Å²) >= 11 is 0.769. The number of nitrogens with zero attached hydrogens (tertiary/aromatic N) is 3. The van der Waals surface area contributed by atoms with Crippen LogP contribution < -0.4 is 16.0 Å². The molecule has 4 rings (SSSR count). The minimum Gasteiger partial charge on any atom is -0.444 e. The maximum Gasteiger partial charge on any atom is 0.412 e. The van der Waals surface area contributed by atoms with Crippen molar-refractivity contribution in [2.45, 2.75) is 45.3 Å². The number of carbonyl (C=O) groups excluding carboxylic acids is 2. The Morgan fingerprint density at radius 2 is 1.97 bits per heavy atom. The highest BCUT2D eigenvalue weighted by atomic mass is 32.1. The Kier molecular flexibility index (Phi) is 7.13. The minimum atomic E-state index is -0.836. The number of anilines is 2. The zero-order chi connectivity index (χ0) is 25.2. The molecule has 0 saturated carbocycles. The largest absolute Gasteiger partial charge is 0.444 e. The maximum absolute atomic E-state index is 14.4. The zero-order valence-electron chi connectivity index (χ0n) is 19.5. The van der Waals surface area contributed by atoms with E-state index in [9.17, 15) is 18.4 Å². The number of ether oxygens (including phenoxy) is 1. The van der Waals surface area contributed by atoms with Crippen LogP contribution in [-0.2, 0) is 4.74 Å². The zero-order valence-corrected chi connectivity index (χ0v) is 20.3. The minimum absolute atomic E-state index is 0.00160. The predicted octanol–water partition coefficient (Wildman–Crippen LogP) is 4.81. The third-order valence-electron chi connectivity index (χ3n) is 5.14. The molecule has 35 heavy (non-hydrogen) atoms. The van der Waals surface area contributed by atoms with Gasteiger partial charge in [-0.25, -0.2) is 18.6 Å². The first-order valence-electron chi connectivity index (χ1n) is 11.1. The SMILES string of the molecule is CC(C)(C)OC(=O)Nc1sc(-c2c(F)cccc2F)nc1C(=O)Nc1cnn([C@@H]2CCCNC2)c1. The molecule has 0 unspecified atom stereocenters. The lowest BCUT2D eigenvalue weighted by Crippen LogP contribution is -2.31. The Hall–Kier alpha value is -3.38. The van der Waals surface area contributed by atoms with Gasteiger partial charge < -0.3 is 15.4 Å². The number of rotatable bonds is 5. The fourth-order valence-electron chi connectivity index (χ4n) is 3.62. The molecule has 1 fully saturated rings. The Labute approximate surface area is 204 Å². The van der Waals surface area contributed by atoms with E-state index in [1.807, 2.05) is 0 Å². The average Bonchev–Trinajstić information content (AvgIpc) is 3.40. The summed E-state index contributed by atoms with van der Waals surface area (Å²) in [6.07, 6.45) is 4.39. The van der Waals surface area contributed by atoms with Crippen LogP contribution in [-0.4, -0.2) is 45.5 Å². The summed E-state index contributed by atoms with van der Waals surface area (Å²) in [5.74, 6) is -2.34. The fourth-order valence-corrected chi connectivity index (χ4v) is 4.61. The molecule has 12 heteroatoms. The van der Waals surface area contributed by atoms with Gasteiger partial charge in [0.05, 0.1) is 23.5 Å². The Balaban J connectivity index is 1.61. The molecule has 0 aliphatic carbocycles. The number of nitrogens with one attached hydrogen (secondary N) is 3. The molecule has 0 radical (unpaired) electrons.